The zero-order chi connectivity index (χ0) is 39.6. The van der Waals surface area contributed by atoms with Crippen molar-refractivity contribution >= 4 is 17.2 Å². The molecule has 5 aromatic rings. The highest BCUT2D eigenvalue weighted by Gasteiger charge is 2.55. The summed E-state index contributed by atoms with van der Waals surface area (Å²) < 4.78 is 7.31. The van der Waals surface area contributed by atoms with Crippen LogP contribution in [0.15, 0.2) is 175 Å². The van der Waals surface area contributed by atoms with Gasteiger partial charge in [0.05, 0.1) is 5.41 Å². The van der Waals surface area contributed by atoms with E-state index < -0.39 is 5.41 Å². The summed E-state index contributed by atoms with van der Waals surface area (Å²) in [6.07, 6.45) is 37.1. The smallest absolute Gasteiger partial charge is 0.164 e. The van der Waals surface area contributed by atoms with E-state index in [9.17, 15) is 0 Å². The normalized spacial score (nSPS) is 21.3. The van der Waals surface area contributed by atoms with Crippen molar-refractivity contribution in [2.75, 3.05) is 0 Å². The van der Waals surface area contributed by atoms with Crippen LogP contribution in [-0.2, 0) is 16.6 Å². The highest BCUT2D eigenvalue weighted by atomic mass is 16.5. The first-order valence-electron chi connectivity index (χ1n) is 21.8. The Labute approximate surface area is 352 Å². The number of benzene rings is 4. The van der Waals surface area contributed by atoms with Crippen LogP contribution in [0.2, 0.25) is 0 Å². The van der Waals surface area contributed by atoms with Gasteiger partial charge in [-0.25, -0.2) is 15.0 Å². The van der Waals surface area contributed by atoms with Gasteiger partial charge in [0, 0.05) is 34.6 Å². The predicted molar refractivity (Wildman–Crippen MR) is 244 cm³/mol. The van der Waals surface area contributed by atoms with E-state index in [4.69, 9.17) is 19.7 Å². The van der Waals surface area contributed by atoms with E-state index in [1.807, 2.05) is 0 Å². The lowest BCUT2D eigenvalue weighted by atomic mass is 9.60. The number of fused-ring (bicyclic) bond motifs is 9. The molecule has 12 rings (SSSR count). The second-order valence-electron chi connectivity index (χ2n) is 16.9. The van der Waals surface area contributed by atoms with Gasteiger partial charge in [0.25, 0.3) is 0 Å². The molecule has 7 aliphatic rings. The van der Waals surface area contributed by atoms with Gasteiger partial charge in [0.2, 0.25) is 0 Å². The van der Waals surface area contributed by atoms with Crippen molar-refractivity contribution in [3.05, 3.63) is 214 Å². The Hall–Kier alpha value is -6.65. The summed E-state index contributed by atoms with van der Waals surface area (Å²) in [4.78, 5) is 16.1. The van der Waals surface area contributed by atoms with Crippen molar-refractivity contribution < 1.29 is 4.74 Å². The van der Waals surface area contributed by atoms with Crippen LogP contribution in [0, 0.1) is 0 Å². The predicted octanol–water partition coefficient (Wildman–Crippen LogP) is 13.2. The summed E-state index contributed by atoms with van der Waals surface area (Å²) in [5, 5.41) is 0. The summed E-state index contributed by atoms with van der Waals surface area (Å²) in [6.45, 7) is 0. The van der Waals surface area contributed by atoms with Crippen molar-refractivity contribution in [3.8, 4) is 33.9 Å². The van der Waals surface area contributed by atoms with E-state index in [1.165, 1.54) is 50.1 Å². The van der Waals surface area contributed by atoms with Crippen molar-refractivity contribution in [2.45, 2.75) is 68.8 Å². The third-order valence-corrected chi connectivity index (χ3v) is 13.7. The molecule has 0 radical (unpaired) electrons. The number of hydrogen-bond donors (Lipinski definition) is 0. The van der Waals surface area contributed by atoms with Gasteiger partial charge in [-0.15, -0.1) is 0 Å². The second kappa shape index (κ2) is 14.3. The van der Waals surface area contributed by atoms with E-state index >= 15 is 0 Å². The average molecular weight is 776 g/mol. The van der Waals surface area contributed by atoms with E-state index in [2.05, 4.69) is 164 Å². The Morgan fingerprint density at radius 3 is 2.08 bits per heavy atom. The van der Waals surface area contributed by atoms with Gasteiger partial charge in [-0.1, -0.05) is 164 Å². The Balaban J connectivity index is 1.05. The number of hydrogen-bond acceptors (Lipinski definition) is 4. The highest BCUT2D eigenvalue weighted by molar-refractivity contribution is 5.93. The average Bonchev–Trinajstić information content (AvgIpc) is 3.62. The van der Waals surface area contributed by atoms with Gasteiger partial charge in [-0.2, -0.15) is 0 Å². The molecule has 0 bridgehead atoms. The van der Waals surface area contributed by atoms with Crippen LogP contribution in [0.4, 0.5) is 0 Å². The molecular formula is C56H45N3O. The number of aromatic nitrogens is 3. The fraction of sp³-hybridized carbons (Fsp3) is 0.196. The van der Waals surface area contributed by atoms with Gasteiger partial charge in [-0.05, 0) is 101 Å². The molecule has 0 fully saturated rings. The van der Waals surface area contributed by atoms with Crippen LogP contribution in [0.3, 0.4) is 0 Å². The lowest BCUT2D eigenvalue weighted by Gasteiger charge is -2.48. The molecule has 290 valence electrons. The molecule has 1 aromatic heterocycles. The van der Waals surface area contributed by atoms with Crippen LogP contribution < -0.4 is 0 Å². The molecular weight excluding hydrogens is 731 g/mol. The van der Waals surface area contributed by atoms with Crippen LogP contribution >= 0.6 is 0 Å². The molecule has 4 heteroatoms. The number of allylic oxidation sites excluding steroid dienone is 14. The minimum Gasteiger partial charge on any atom is -0.485 e. The Kier molecular flexibility index (Phi) is 8.40. The quantitative estimate of drug-likeness (QED) is 0.178. The van der Waals surface area contributed by atoms with Gasteiger partial charge < -0.3 is 4.74 Å². The summed E-state index contributed by atoms with van der Waals surface area (Å²) in [7, 11) is 0. The summed E-state index contributed by atoms with van der Waals surface area (Å²) in [5.74, 6) is 3.50. The molecule has 2 heterocycles. The van der Waals surface area contributed by atoms with E-state index in [0.29, 0.717) is 23.4 Å². The molecule has 0 saturated heterocycles. The number of nitrogens with zero attached hydrogens (tertiary/aromatic N) is 3. The van der Waals surface area contributed by atoms with E-state index in [1.54, 1.807) is 0 Å². The van der Waals surface area contributed by atoms with Gasteiger partial charge in [-0.3, -0.25) is 0 Å². The van der Waals surface area contributed by atoms with Crippen LogP contribution in [0.25, 0.3) is 51.1 Å². The summed E-state index contributed by atoms with van der Waals surface area (Å²) >= 11 is 0. The maximum atomic E-state index is 7.31. The molecule has 4 aromatic carbocycles. The third-order valence-electron chi connectivity index (χ3n) is 13.7. The topological polar surface area (TPSA) is 47.9 Å². The highest BCUT2D eigenvalue weighted by Crippen LogP contribution is 2.63. The Morgan fingerprint density at radius 1 is 0.567 bits per heavy atom. The monoisotopic (exact) mass is 775 g/mol. The molecule has 2 atom stereocenters. The maximum Gasteiger partial charge on any atom is 0.164 e. The van der Waals surface area contributed by atoms with Gasteiger partial charge >= 0.3 is 0 Å². The molecule has 1 aliphatic heterocycles. The van der Waals surface area contributed by atoms with E-state index in [-0.39, 0.29) is 6.10 Å². The maximum absolute atomic E-state index is 7.31. The van der Waals surface area contributed by atoms with Crippen LogP contribution in [0.1, 0.15) is 90.1 Å². The van der Waals surface area contributed by atoms with Crippen LogP contribution in [0.5, 0.6) is 0 Å². The first-order chi connectivity index (χ1) is 29.8. The summed E-state index contributed by atoms with van der Waals surface area (Å²) in [5.41, 5.74) is 17.0. The van der Waals surface area contributed by atoms with Crippen LogP contribution in [-0.4, -0.2) is 21.1 Å². The third kappa shape index (κ3) is 5.39. The fourth-order valence-electron chi connectivity index (χ4n) is 11.1. The lowest BCUT2D eigenvalue weighted by molar-refractivity contribution is 0.127. The minimum absolute atomic E-state index is 0.0793. The molecule has 0 N–H and O–H groups in total. The first kappa shape index (κ1) is 35.3. The van der Waals surface area contributed by atoms with E-state index in [0.717, 1.165) is 85.0 Å². The molecule has 2 unspecified atom stereocenters. The van der Waals surface area contributed by atoms with Crippen molar-refractivity contribution in [1.82, 2.24) is 15.0 Å². The number of rotatable bonds is 5. The van der Waals surface area contributed by atoms with Crippen molar-refractivity contribution in [1.29, 1.82) is 0 Å². The molecule has 6 aliphatic carbocycles. The first-order valence-corrected chi connectivity index (χ1v) is 21.8. The molecule has 60 heavy (non-hydrogen) atoms. The van der Waals surface area contributed by atoms with Gasteiger partial charge in [0.1, 0.15) is 11.9 Å². The summed E-state index contributed by atoms with van der Waals surface area (Å²) in [6, 6.07) is 31.4. The largest absolute Gasteiger partial charge is 0.485 e. The Bertz CT molecular complexity index is 2880. The zero-order valence-electron chi connectivity index (χ0n) is 33.6. The van der Waals surface area contributed by atoms with Crippen molar-refractivity contribution in [2.24, 2.45) is 0 Å². The molecule has 0 saturated carbocycles. The zero-order valence-corrected chi connectivity index (χ0v) is 33.6. The molecule has 1 spiro atoms. The van der Waals surface area contributed by atoms with Gasteiger partial charge in [0.15, 0.2) is 17.5 Å². The number of ether oxygens (including phenoxy) is 1. The minimum atomic E-state index is -0.402. The standard InChI is InChI=1S/C56H45N3O/c1-3-18-36(19-4-1)38-34-35-46(40-23-8-7-22-39(38)40)55-58-53(37-20-5-2-6-21-37)57-54(59-55)45-27-10-9-24-41(45)44-28-17-32-50-52(44)60-51-33-16-15-31-49(51)56(50)47-29-13-11-25-42(47)43-26-12-14-30-48(43)56/h1,3-5,8-16,18,20-21,23-31,34-36,51H,2,6-7,17,19,22,32-33H2. The Morgan fingerprint density at radius 2 is 1.30 bits per heavy atom. The molecule has 0 amide bonds. The lowest BCUT2D eigenvalue weighted by Crippen LogP contribution is -2.43. The second-order valence-corrected chi connectivity index (χ2v) is 16.9. The van der Waals surface area contributed by atoms with Crippen molar-refractivity contribution in [3.63, 3.8) is 0 Å². The molecule has 4 nitrogen and oxygen atoms in total. The SMILES string of the molecule is C1=CCC2OC3=C(CCC=C3c3ccccc3-c3nc(C4=CCCC=C4)nc(-c4ccc(C5C=CC=CC5)c5c4C=CCC5)n3)C3(C2=C1)c1ccccc1-c1ccccc13. The fourth-order valence-corrected chi connectivity index (χ4v) is 11.1.